The monoisotopic (exact) mass is 578 g/mol. The molecule has 0 amide bonds. The van der Waals surface area contributed by atoms with Gasteiger partial charge in [0, 0.05) is 29.4 Å². The van der Waals surface area contributed by atoms with E-state index in [-0.39, 0.29) is 18.3 Å². The number of benzene rings is 2. The molecule has 1 aromatic heterocycles. The normalized spacial score (nSPS) is 18.9. The van der Waals surface area contributed by atoms with E-state index >= 15 is 4.39 Å². The summed E-state index contributed by atoms with van der Waals surface area (Å²) in [7, 11) is 1.59. The second kappa shape index (κ2) is 13.8. The second-order valence-corrected chi connectivity index (χ2v) is 11.7. The van der Waals surface area contributed by atoms with Crippen LogP contribution in [0.5, 0.6) is 5.75 Å². The maximum Gasteiger partial charge on any atom is 0.303 e. The van der Waals surface area contributed by atoms with E-state index in [1.54, 1.807) is 37.2 Å². The van der Waals surface area contributed by atoms with E-state index < -0.39 is 12.1 Å². The number of methoxy groups -OCH3 is 1. The van der Waals surface area contributed by atoms with Gasteiger partial charge in [-0.15, -0.1) is 11.8 Å². The number of hydrogen-bond acceptors (Lipinski definition) is 5. The molecule has 9 heteroatoms. The van der Waals surface area contributed by atoms with Gasteiger partial charge in [0.15, 0.2) is 0 Å². The van der Waals surface area contributed by atoms with Gasteiger partial charge >= 0.3 is 5.97 Å². The highest BCUT2D eigenvalue weighted by molar-refractivity contribution is 7.99. The number of pyridine rings is 1. The maximum atomic E-state index is 15.5. The van der Waals surface area contributed by atoms with Gasteiger partial charge in [0.25, 0.3) is 0 Å². The van der Waals surface area contributed by atoms with Gasteiger partial charge in [-0.25, -0.2) is 4.39 Å². The van der Waals surface area contributed by atoms with E-state index in [9.17, 15) is 9.90 Å². The van der Waals surface area contributed by atoms with Gasteiger partial charge in [-0.1, -0.05) is 29.3 Å². The number of carbonyl (C=O) groups is 1. The summed E-state index contributed by atoms with van der Waals surface area (Å²) in [6, 6.07) is 12.9. The summed E-state index contributed by atoms with van der Waals surface area (Å²) in [4.78, 5) is 19.3. The molecule has 0 bridgehead atoms. The zero-order valence-corrected chi connectivity index (χ0v) is 23.7. The predicted molar refractivity (Wildman–Crippen MR) is 153 cm³/mol. The Hall–Kier alpha value is -2.06. The van der Waals surface area contributed by atoms with Crippen molar-refractivity contribution in [3.63, 3.8) is 0 Å². The van der Waals surface area contributed by atoms with E-state index in [1.807, 2.05) is 30.3 Å². The number of rotatable bonds is 12. The zero-order valence-electron chi connectivity index (χ0n) is 21.4. The van der Waals surface area contributed by atoms with E-state index in [4.69, 9.17) is 27.9 Å². The molecule has 2 aromatic carbocycles. The minimum absolute atomic E-state index is 0.0118. The van der Waals surface area contributed by atoms with Crippen LogP contribution in [0.25, 0.3) is 10.9 Å². The van der Waals surface area contributed by atoms with Crippen molar-refractivity contribution in [3.05, 3.63) is 64.3 Å². The smallest absolute Gasteiger partial charge is 0.303 e. The molecule has 2 heterocycles. The van der Waals surface area contributed by atoms with Crippen LogP contribution in [-0.4, -0.2) is 53.5 Å². The summed E-state index contributed by atoms with van der Waals surface area (Å²) in [5, 5.41) is 11.4. The minimum atomic E-state index is -1.15. The molecule has 1 N–H and O–H groups in total. The van der Waals surface area contributed by atoms with Gasteiger partial charge < -0.3 is 14.7 Å². The van der Waals surface area contributed by atoms with Crippen LogP contribution >= 0.6 is 35.0 Å². The number of carboxylic acids is 1. The Morgan fingerprint density at radius 2 is 2.11 bits per heavy atom. The SMILES string of the molecule is COc1ccc2nccc([C@H](F)CC[C@@H]3CCN(CCCSc4cccc(Cl)c4Cl)C[C@@H]3CC(=O)O)c2c1. The van der Waals surface area contributed by atoms with Crippen LogP contribution in [0.2, 0.25) is 10.0 Å². The number of fused-ring (bicyclic) bond motifs is 1. The fourth-order valence-corrected chi connectivity index (χ4v) is 6.75. The highest BCUT2D eigenvalue weighted by Gasteiger charge is 2.31. The lowest BCUT2D eigenvalue weighted by atomic mass is 9.79. The van der Waals surface area contributed by atoms with Crippen molar-refractivity contribution in [2.24, 2.45) is 11.8 Å². The van der Waals surface area contributed by atoms with Crippen molar-refractivity contribution < 1.29 is 19.0 Å². The molecule has 5 nitrogen and oxygen atoms in total. The molecule has 0 radical (unpaired) electrons. The van der Waals surface area contributed by atoms with Crippen molar-refractivity contribution in [3.8, 4) is 5.75 Å². The molecular formula is C29H33Cl2FN2O3S. The van der Waals surface area contributed by atoms with Gasteiger partial charge in [0.1, 0.15) is 11.9 Å². The third-order valence-electron chi connectivity index (χ3n) is 7.32. The van der Waals surface area contributed by atoms with Gasteiger partial charge in [0.2, 0.25) is 0 Å². The van der Waals surface area contributed by atoms with Gasteiger partial charge in [0.05, 0.1) is 22.7 Å². The van der Waals surface area contributed by atoms with Crippen LogP contribution in [0.4, 0.5) is 4.39 Å². The summed E-state index contributed by atoms with van der Waals surface area (Å²) < 4.78 is 20.8. The first-order valence-electron chi connectivity index (χ1n) is 12.9. The fourth-order valence-electron chi connectivity index (χ4n) is 5.32. The lowest BCUT2D eigenvalue weighted by Gasteiger charge is -2.38. The lowest BCUT2D eigenvalue weighted by molar-refractivity contribution is -0.139. The average Bonchev–Trinajstić information content (AvgIpc) is 2.91. The van der Waals surface area contributed by atoms with Crippen LogP contribution < -0.4 is 4.74 Å². The molecule has 1 fully saturated rings. The first-order chi connectivity index (χ1) is 18.4. The van der Waals surface area contributed by atoms with Crippen molar-refractivity contribution in [1.29, 1.82) is 0 Å². The summed E-state index contributed by atoms with van der Waals surface area (Å²) in [5.74, 6) is 0.970. The highest BCUT2D eigenvalue weighted by atomic mass is 35.5. The molecular weight excluding hydrogens is 546 g/mol. The van der Waals surface area contributed by atoms with E-state index in [0.717, 1.165) is 54.0 Å². The number of hydrogen-bond donors (Lipinski definition) is 1. The largest absolute Gasteiger partial charge is 0.497 e. The van der Waals surface area contributed by atoms with E-state index in [2.05, 4.69) is 9.88 Å². The molecule has 3 atom stereocenters. The molecule has 0 saturated carbocycles. The second-order valence-electron chi connectivity index (χ2n) is 9.79. The first kappa shape index (κ1) is 28.9. The van der Waals surface area contributed by atoms with Crippen LogP contribution in [0.15, 0.2) is 53.6 Å². The molecule has 1 saturated heterocycles. The fraction of sp³-hybridized carbons (Fsp3) is 0.448. The first-order valence-corrected chi connectivity index (χ1v) is 14.7. The lowest BCUT2D eigenvalue weighted by Crippen LogP contribution is -2.42. The van der Waals surface area contributed by atoms with Crippen molar-refractivity contribution >= 4 is 51.8 Å². The highest BCUT2D eigenvalue weighted by Crippen LogP contribution is 2.37. The maximum absolute atomic E-state index is 15.5. The van der Waals surface area contributed by atoms with E-state index in [0.29, 0.717) is 34.2 Å². The summed E-state index contributed by atoms with van der Waals surface area (Å²) in [5.41, 5.74) is 1.34. The summed E-state index contributed by atoms with van der Waals surface area (Å²) in [6.07, 6.45) is 3.46. The number of nitrogens with zero attached hydrogens (tertiary/aromatic N) is 2. The quantitative estimate of drug-likeness (QED) is 0.174. The summed E-state index contributed by atoms with van der Waals surface area (Å²) >= 11 is 14.1. The third kappa shape index (κ3) is 7.53. The standard InChI is InChI=1S/C29H33Cl2FN2O3S/c1-37-21-7-9-26-23(17-21)22(10-12-33-26)25(32)8-6-19-11-14-34(18-20(19)16-28(35)36)13-3-15-38-27-5-2-4-24(30)29(27)31/h2,4-5,7,9-10,12,17,19-20,25H,3,6,8,11,13-16,18H2,1H3,(H,35,36)/t19-,20+,25-/m1/s1. The number of ether oxygens (including phenoxy) is 1. The van der Waals surface area contributed by atoms with Gasteiger partial charge in [-0.3, -0.25) is 9.78 Å². The Morgan fingerprint density at radius 3 is 2.89 bits per heavy atom. The van der Waals surface area contributed by atoms with Crippen molar-refractivity contribution in [2.75, 3.05) is 32.5 Å². The number of thioether (sulfide) groups is 1. The number of aliphatic carboxylic acids is 1. The minimum Gasteiger partial charge on any atom is -0.497 e. The average molecular weight is 580 g/mol. The molecule has 1 aliphatic heterocycles. The van der Waals surface area contributed by atoms with Crippen molar-refractivity contribution in [1.82, 2.24) is 9.88 Å². The third-order valence-corrected chi connectivity index (χ3v) is 9.39. The Labute approximate surface area is 237 Å². The van der Waals surface area contributed by atoms with Crippen molar-refractivity contribution in [2.45, 2.75) is 43.2 Å². The Bertz CT molecular complexity index is 1250. The van der Waals surface area contributed by atoms with Crippen LogP contribution in [0, 0.1) is 11.8 Å². The molecule has 38 heavy (non-hydrogen) atoms. The Kier molecular flexibility index (Phi) is 10.5. The summed E-state index contributed by atoms with van der Waals surface area (Å²) in [6.45, 7) is 2.52. The molecule has 204 valence electrons. The zero-order chi connectivity index (χ0) is 27.1. The molecule has 0 unspecified atom stereocenters. The molecule has 1 aliphatic rings. The van der Waals surface area contributed by atoms with Gasteiger partial charge in [-0.2, -0.15) is 0 Å². The number of halogens is 3. The molecule has 3 aromatic rings. The van der Waals surface area contributed by atoms with Gasteiger partial charge in [-0.05, 0) is 98.3 Å². The predicted octanol–water partition coefficient (Wildman–Crippen LogP) is 7.94. The molecule has 4 rings (SSSR count). The number of likely N-dealkylation sites (tertiary alicyclic amines) is 1. The van der Waals surface area contributed by atoms with Crippen LogP contribution in [0.1, 0.15) is 43.8 Å². The molecule has 0 aliphatic carbocycles. The topological polar surface area (TPSA) is 62.7 Å². The molecule has 0 spiro atoms. The number of aromatic nitrogens is 1. The van der Waals surface area contributed by atoms with Crippen LogP contribution in [-0.2, 0) is 4.79 Å². The van der Waals surface area contributed by atoms with E-state index in [1.165, 1.54) is 0 Å². The number of alkyl halides is 1. The Morgan fingerprint density at radius 1 is 1.26 bits per heavy atom. The number of carboxylic acid groups (broad SMARTS) is 1. The Balaban J connectivity index is 1.31. The van der Waals surface area contributed by atoms with Crippen LogP contribution in [0.3, 0.4) is 0 Å². The number of piperidine rings is 1.